The first-order chi connectivity index (χ1) is 8.47. The minimum atomic E-state index is -0.853. The van der Waals surface area contributed by atoms with Crippen LogP contribution in [0.25, 0.3) is 0 Å². The molecule has 0 saturated carbocycles. The van der Waals surface area contributed by atoms with Gasteiger partial charge in [0.1, 0.15) is 11.6 Å². The van der Waals surface area contributed by atoms with Gasteiger partial charge in [0.05, 0.1) is 0 Å². The van der Waals surface area contributed by atoms with Crippen LogP contribution in [-0.4, -0.2) is 16.0 Å². The molecule has 3 nitrogen and oxygen atoms in total. The standard InChI is InChI=1S/C13H8F2O3/c14-9-3-8(4-10(16)6-9)13(18)7-1-2-11(15)12(17)5-7/h1-6,16-17H. The third-order valence-corrected chi connectivity index (χ3v) is 2.35. The maximum Gasteiger partial charge on any atom is 0.193 e. The van der Waals surface area contributed by atoms with Crippen molar-refractivity contribution in [2.75, 3.05) is 0 Å². The molecule has 0 aliphatic heterocycles. The SMILES string of the molecule is O=C(c1cc(O)cc(F)c1)c1ccc(F)c(O)c1. The van der Waals surface area contributed by atoms with Crippen molar-refractivity contribution in [2.45, 2.75) is 0 Å². The Hall–Kier alpha value is -2.43. The minimum absolute atomic E-state index is 0.00102. The quantitative estimate of drug-likeness (QED) is 0.805. The van der Waals surface area contributed by atoms with Gasteiger partial charge in [-0.25, -0.2) is 8.78 Å². The molecule has 0 aliphatic rings. The van der Waals surface area contributed by atoms with Crippen LogP contribution in [0.1, 0.15) is 15.9 Å². The van der Waals surface area contributed by atoms with E-state index in [4.69, 9.17) is 5.11 Å². The molecular formula is C13H8F2O3. The number of phenolic OH excluding ortho intramolecular Hbond substituents is 2. The Bertz CT molecular complexity index is 603. The van der Waals surface area contributed by atoms with Gasteiger partial charge in [0.15, 0.2) is 17.3 Å². The van der Waals surface area contributed by atoms with E-state index < -0.39 is 23.2 Å². The van der Waals surface area contributed by atoms with Crippen LogP contribution in [0.15, 0.2) is 36.4 Å². The molecule has 5 heteroatoms. The van der Waals surface area contributed by atoms with Crippen molar-refractivity contribution in [3.8, 4) is 11.5 Å². The molecule has 0 saturated heterocycles. The summed E-state index contributed by atoms with van der Waals surface area (Å²) in [4.78, 5) is 11.9. The summed E-state index contributed by atoms with van der Waals surface area (Å²) >= 11 is 0. The summed E-state index contributed by atoms with van der Waals surface area (Å²) in [6, 6.07) is 5.94. The molecule has 0 aromatic heterocycles. The predicted molar refractivity (Wildman–Crippen MR) is 59.6 cm³/mol. The number of hydrogen-bond donors (Lipinski definition) is 2. The maximum atomic E-state index is 13.0. The van der Waals surface area contributed by atoms with E-state index in [2.05, 4.69) is 0 Å². The third-order valence-electron chi connectivity index (χ3n) is 2.35. The molecule has 0 bridgehead atoms. The Kier molecular flexibility index (Phi) is 2.97. The zero-order valence-electron chi connectivity index (χ0n) is 9.02. The average Bonchev–Trinajstić information content (AvgIpc) is 2.30. The fraction of sp³-hybridized carbons (Fsp3) is 0. The molecule has 2 aromatic rings. The van der Waals surface area contributed by atoms with Crippen LogP contribution >= 0.6 is 0 Å². The Morgan fingerprint density at radius 2 is 1.67 bits per heavy atom. The van der Waals surface area contributed by atoms with Crippen LogP contribution < -0.4 is 0 Å². The Balaban J connectivity index is 2.44. The number of rotatable bonds is 2. The lowest BCUT2D eigenvalue weighted by molar-refractivity contribution is 0.103. The highest BCUT2D eigenvalue weighted by atomic mass is 19.1. The molecule has 0 unspecified atom stereocenters. The first-order valence-electron chi connectivity index (χ1n) is 5.00. The largest absolute Gasteiger partial charge is 0.508 e. The van der Waals surface area contributed by atoms with E-state index >= 15 is 0 Å². The van der Waals surface area contributed by atoms with Gasteiger partial charge in [0.2, 0.25) is 0 Å². The second-order valence-corrected chi connectivity index (χ2v) is 3.69. The second-order valence-electron chi connectivity index (χ2n) is 3.69. The number of ketones is 1. The van der Waals surface area contributed by atoms with Crippen molar-refractivity contribution < 1.29 is 23.8 Å². The normalized spacial score (nSPS) is 10.3. The van der Waals surface area contributed by atoms with Crippen LogP contribution in [0, 0.1) is 11.6 Å². The van der Waals surface area contributed by atoms with Gasteiger partial charge in [-0.2, -0.15) is 0 Å². The number of hydrogen-bond acceptors (Lipinski definition) is 3. The van der Waals surface area contributed by atoms with Crippen LogP contribution in [0.2, 0.25) is 0 Å². The topological polar surface area (TPSA) is 57.5 Å². The van der Waals surface area contributed by atoms with Gasteiger partial charge in [-0.15, -0.1) is 0 Å². The number of benzene rings is 2. The predicted octanol–water partition coefficient (Wildman–Crippen LogP) is 2.61. The zero-order chi connectivity index (χ0) is 13.3. The van der Waals surface area contributed by atoms with Crippen LogP contribution in [0.4, 0.5) is 8.78 Å². The smallest absolute Gasteiger partial charge is 0.193 e. The van der Waals surface area contributed by atoms with Gasteiger partial charge in [-0.1, -0.05) is 0 Å². The number of halogens is 2. The summed E-state index contributed by atoms with van der Waals surface area (Å²) in [5, 5.41) is 18.3. The van der Waals surface area contributed by atoms with E-state index in [-0.39, 0.29) is 16.9 Å². The van der Waals surface area contributed by atoms with E-state index in [0.717, 1.165) is 30.3 Å². The molecule has 0 aliphatic carbocycles. The maximum absolute atomic E-state index is 13.0. The van der Waals surface area contributed by atoms with Crippen molar-refractivity contribution in [1.29, 1.82) is 0 Å². The Morgan fingerprint density at radius 1 is 0.944 bits per heavy atom. The number of carbonyl (C=O) groups is 1. The molecule has 0 radical (unpaired) electrons. The summed E-state index contributed by atoms with van der Waals surface area (Å²) < 4.78 is 25.9. The molecule has 2 rings (SSSR count). The van der Waals surface area contributed by atoms with E-state index in [9.17, 15) is 18.7 Å². The van der Waals surface area contributed by atoms with E-state index in [0.29, 0.717) is 0 Å². The molecule has 2 N–H and O–H groups in total. The van der Waals surface area contributed by atoms with E-state index in [1.54, 1.807) is 0 Å². The lowest BCUT2D eigenvalue weighted by Crippen LogP contribution is -2.02. The molecule has 0 spiro atoms. The summed E-state index contributed by atoms with van der Waals surface area (Å²) in [6.45, 7) is 0. The van der Waals surface area contributed by atoms with Crippen molar-refractivity contribution in [3.63, 3.8) is 0 Å². The van der Waals surface area contributed by atoms with Crippen molar-refractivity contribution in [2.24, 2.45) is 0 Å². The molecule has 0 amide bonds. The first kappa shape index (κ1) is 12.0. The van der Waals surface area contributed by atoms with Crippen LogP contribution in [0.3, 0.4) is 0 Å². The fourth-order valence-electron chi connectivity index (χ4n) is 1.53. The Morgan fingerprint density at radius 3 is 2.28 bits per heavy atom. The fourth-order valence-corrected chi connectivity index (χ4v) is 1.53. The van der Waals surface area contributed by atoms with Gasteiger partial charge in [0, 0.05) is 17.2 Å². The second kappa shape index (κ2) is 4.44. The van der Waals surface area contributed by atoms with E-state index in [1.165, 1.54) is 6.07 Å². The van der Waals surface area contributed by atoms with Gasteiger partial charge < -0.3 is 10.2 Å². The van der Waals surface area contributed by atoms with E-state index in [1.807, 2.05) is 0 Å². The molecule has 0 fully saturated rings. The number of phenols is 2. The van der Waals surface area contributed by atoms with Crippen molar-refractivity contribution >= 4 is 5.78 Å². The minimum Gasteiger partial charge on any atom is -0.508 e. The van der Waals surface area contributed by atoms with Gasteiger partial charge in [0.25, 0.3) is 0 Å². The average molecular weight is 250 g/mol. The highest BCUT2D eigenvalue weighted by Crippen LogP contribution is 2.21. The van der Waals surface area contributed by atoms with Gasteiger partial charge >= 0.3 is 0 Å². The molecule has 92 valence electrons. The first-order valence-corrected chi connectivity index (χ1v) is 5.00. The molecular weight excluding hydrogens is 242 g/mol. The zero-order valence-corrected chi connectivity index (χ0v) is 9.02. The van der Waals surface area contributed by atoms with Crippen molar-refractivity contribution in [3.05, 3.63) is 59.2 Å². The van der Waals surface area contributed by atoms with Gasteiger partial charge in [-0.05, 0) is 30.3 Å². The lowest BCUT2D eigenvalue weighted by atomic mass is 10.0. The summed E-state index contributed by atoms with van der Waals surface area (Å²) in [6.07, 6.45) is 0. The molecule has 0 heterocycles. The summed E-state index contributed by atoms with van der Waals surface area (Å²) in [5.74, 6) is -3.29. The molecule has 2 aromatic carbocycles. The summed E-state index contributed by atoms with van der Waals surface area (Å²) in [7, 11) is 0. The number of carbonyl (C=O) groups excluding carboxylic acids is 1. The highest BCUT2D eigenvalue weighted by Gasteiger charge is 2.13. The monoisotopic (exact) mass is 250 g/mol. The summed E-state index contributed by atoms with van der Waals surface area (Å²) in [5.41, 5.74) is -0.0857. The van der Waals surface area contributed by atoms with Crippen LogP contribution in [0.5, 0.6) is 11.5 Å². The van der Waals surface area contributed by atoms with Crippen molar-refractivity contribution in [1.82, 2.24) is 0 Å². The lowest BCUT2D eigenvalue weighted by Gasteiger charge is -2.03. The Labute approximate surface area is 101 Å². The molecule has 0 atom stereocenters. The highest BCUT2D eigenvalue weighted by molar-refractivity contribution is 6.09. The third kappa shape index (κ3) is 2.29. The van der Waals surface area contributed by atoms with Gasteiger partial charge in [-0.3, -0.25) is 4.79 Å². The molecule has 18 heavy (non-hydrogen) atoms. The number of aromatic hydroxyl groups is 2. The van der Waals surface area contributed by atoms with Crippen LogP contribution in [-0.2, 0) is 0 Å².